The number of fused-ring (bicyclic) bond motifs is 1. The largest absolute Gasteiger partial charge is 0.355 e. The van der Waals surface area contributed by atoms with E-state index >= 15 is 0 Å². The van der Waals surface area contributed by atoms with Gasteiger partial charge in [0.15, 0.2) is 11.5 Å². The lowest BCUT2D eigenvalue weighted by Crippen LogP contribution is -2.37. The molecule has 0 bridgehead atoms. The summed E-state index contributed by atoms with van der Waals surface area (Å²) in [6.07, 6.45) is 5.11. The Morgan fingerprint density at radius 2 is 1.89 bits per heavy atom. The number of hydrogen-bond donors (Lipinski definition) is 0. The molecule has 0 atom stereocenters. The Bertz CT molecular complexity index is 954. The zero-order valence-electron chi connectivity index (χ0n) is 15.8. The van der Waals surface area contributed by atoms with Crippen LogP contribution in [0.5, 0.6) is 0 Å². The second kappa shape index (κ2) is 7.50. The van der Waals surface area contributed by atoms with Crippen LogP contribution in [-0.4, -0.2) is 56.8 Å². The molecule has 2 aliphatic rings. The third kappa shape index (κ3) is 3.37. The highest BCUT2D eigenvalue weighted by Gasteiger charge is 2.26. The summed E-state index contributed by atoms with van der Waals surface area (Å²) in [6, 6.07) is 6.05. The van der Waals surface area contributed by atoms with Gasteiger partial charge in [0.05, 0.1) is 0 Å². The topological polar surface area (TPSA) is 66.6 Å². The fraction of sp³-hybridized carbons (Fsp3) is 0.500. The van der Waals surface area contributed by atoms with E-state index in [1.54, 1.807) is 11.3 Å². The summed E-state index contributed by atoms with van der Waals surface area (Å²) in [5.41, 5.74) is 1.80. The molecule has 2 saturated heterocycles. The number of carbonyl (C=O) groups excluding carboxylic acids is 1. The molecule has 7 nitrogen and oxygen atoms in total. The quantitative estimate of drug-likeness (QED) is 0.678. The maximum absolute atomic E-state index is 12.4. The van der Waals surface area contributed by atoms with Crippen molar-refractivity contribution in [2.45, 2.75) is 32.1 Å². The summed E-state index contributed by atoms with van der Waals surface area (Å²) in [6.45, 7) is 3.78. The van der Waals surface area contributed by atoms with Crippen molar-refractivity contribution in [3.63, 3.8) is 0 Å². The molecule has 0 aliphatic carbocycles. The van der Waals surface area contributed by atoms with Crippen LogP contribution in [-0.2, 0) is 4.79 Å². The Morgan fingerprint density at radius 3 is 2.64 bits per heavy atom. The molecule has 5 heterocycles. The average Bonchev–Trinajstić information content (AvgIpc) is 3.49. The molecule has 5 rings (SSSR count). The summed E-state index contributed by atoms with van der Waals surface area (Å²) >= 11 is 1.64. The van der Waals surface area contributed by atoms with Crippen LogP contribution in [0.4, 0.5) is 5.82 Å². The monoisotopic (exact) mass is 396 g/mol. The zero-order valence-corrected chi connectivity index (χ0v) is 16.6. The molecule has 0 radical (unpaired) electrons. The number of hydrogen-bond acceptors (Lipinski definition) is 6. The number of carbonyl (C=O) groups is 1. The minimum absolute atomic E-state index is 0.348. The minimum atomic E-state index is 0.348. The molecule has 1 amide bonds. The Balaban J connectivity index is 1.26. The smallest absolute Gasteiger partial charge is 0.222 e. The number of nitrogens with zero attached hydrogens (tertiary/aromatic N) is 6. The van der Waals surface area contributed by atoms with E-state index in [1.165, 1.54) is 0 Å². The maximum Gasteiger partial charge on any atom is 0.222 e. The van der Waals surface area contributed by atoms with Gasteiger partial charge in [-0.2, -0.15) is 15.9 Å². The van der Waals surface area contributed by atoms with Crippen molar-refractivity contribution in [2.75, 3.05) is 31.1 Å². The molecule has 3 aromatic rings. The lowest BCUT2D eigenvalue weighted by atomic mass is 9.93. The summed E-state index contributed by atoms with van der Waals surface area (Å²) in [7, 11) is 0. The molecule has 28 heavy (non-hydrogen) atoms. The van der Waals surface area contributed by atoms with Gasteiger partial charge in [-0.3, -0.25) is 4.79 Å². The van der Waals surface area contributed by atoms with Crippen molar-refractivity contribution in [3.05, 3.63) is 29.0 Å². The molecule has 0 spiro atoms. The predicted octanol–water partition coefficient (Wildman–Crippen LogP) is 3.08. The number of anilines is 1. The molecule has 3 aromatic heterocycles. The first-order valence-corrected chi connectivity index (χ1v) is 11.0. The maximum atomic E-state index is 12.4. The summed E-state index contributed by atoms with van der Waals surface area (Å²) in [5, 5.41) is 17.5. The zero-order chi connectivity index (χ0) is 18.9. The second-order valence-electron chi connectivity index (χ2n) is 7.72. The molecule has 8 heteroatoms. The Hall–Kier alpha value is -2.48. The van der Waals surface area contributed by atoms with E-state index in [1.807, 2.05) is 33.0 Å². The first-order chi connectivity index (χ1) is 13.8. The number of thiophene rings is 1. The lowest BCUT2D eigenvalue weighted by molar-refractivity contribution is -0.131. The van der Waals surface area contributed by atoms with E-state index in [4.69, 9.17) is 5.10 Å². The van der Waals surface area contributed by atoms with Gasteiger partial charge in [-0.15, -0.1) is 15.3 Å². The minimum Gasteiger partial charge on any atom is -0.355 e. The third-order valence-corrected chi connectivity index (χ3v) is 6.57. The van der Waals surface area contributed by atoms with Crippen molar-refractivity contribution in [1.29, 1.82) is 0 Å². The molecule has 2 fully saturated rings. The van der Waals surface area contributed by atoms with Crippen molar-refractivity contribution >= 4 is 28.7 Å². The van der Waals surface area contributed by atoms with Crippen LogP contribution >= 0.6 is 11.3 Å². The second-order valence-corrected chi connectivity index (χ2v) is 8.50. The van der Waals surface area contributed by atoms with Gasteiger partial charge in [0.25, 0.3) is 0 Å². The summed E-state index contributed by atoms with van der Waals surface area (Å²) < 4.78 is 1.83. The summed E-state index contributed by atoms with van der Waals surface area (Å²) in [4.78, 5) is 16.8. The number of piperidine rings is 1. The van der Waals surface area contributed by atoms with Crippen LogP contribution in [0.2, 0.25) is 0 Å². The number of rotatable bonds is 4. The Kier molecular flexibility index (Phi) is 4.72. The van der Waals surface area contributed by atoms with Crippen LogP contribution in [0.3, 0.4) is 0 Å². The number of amides is 1. The normalized spacial score (nSPS) is 18.3. The fourth-order valence-corrected chi connectivity index (χ4v) is 4.86. The van der Waals surface area contributed by atoms with E-state index in [0.717, 1.165) is 74.7 Å². The van der Waals surface area contributed by atoms with Gasteiger partial charge in [-0.1, -0.05) is 0 Å². The first kappa shape index (κ1) is 17.6. The van der Waals surface area contributed by atoms with E-state index in [0.29, 0.717) is 18.2 Å². The Morgan fingerprint density at radius 1 is 1.07 bits per heavy atom. The molecule has 0 saturated carbocycles. The molecular formula is C20H24N6OS. The van der Waals surface area contributed by atoms with Gasteiger partial charge in [-0.05, 0) is 55.2 Å². The molecule has 0 N–H and O–H groups in total. The van der Waals surface area contributed by atoms with Crippen LogP contribution in [0, 0.1) is 5.92 Å². The van der Waals surface area contributed by atoms with Crippen LogP contribution in [0.15, 0.2) is 29.0 Å². The van der Waals surface area contributed by atoms with Crippen molar-refractivity contribution in [2.24, 2.45) is 5.92 Å². The average molecular weight is 397 g/mol. The van der Waals surface area contributed by atoms with Crippen LogP contribution < -0.4 is 4.90 Å². The van der Waals surface area contributed by atoms with Gasteiger partial charge in [0.1, 0.15) is 5.82 Å². The number of aromatic nitrogens is 4. The van der Waals surface area contributed by atoms with E-state index in [9.17, 15) is 4.79 Å². The Labute approximate surface area is 168 Å². The molecule has 0 unspecified atom stereocenters. The first-order valence-electron chi connectivity index (χ1n) is 10.1. The highest BCUT2D eigenvalue weighted by molar-refractivity contribution is 7.08. The van der Waals surface area contributed by atoms with Gasteiger partial charge >= 0.3 is 0 Å². The van der Waals surface area contributed by atoms with Crippen molar-refractivity contribution < 1.29 is 4.79 Å². The van der Waals surface area contributed by atoms with Gasteiger partial charge < -0.3 is 9.80 Å². The van der Waals surface area contributed by atoms with Gasteiger partial charge in [0.2, 0.25) is 5.91 Å². The molecule has 2 aliphatic heterocycles. The van der Waals surface area contributed by atoms with Gasteiger partial charge in [0, 0.05) is 43.5 Å². The SMILES string of the molecule is O=C(CC1CCN(c2ccc3nnc(-c4ccsc4)n3n2)CC1)N1CCCC1. The van der Waals surface area contributed by atoms with E-state index in [2.05, 4.69) is 20.5 Å². The lowest BCUT2D eigenvalue weighted by Gasteiger charge is -2.33. The third-order valence-electron chi connectivity index (χ3n) is 5.89. The van der Waals surface area contributed by atoms with Crippen molar-refractivity contribution in [3.8, 4) is 11.4 Å². The molecule has 0 aromatic carbocycles. The van der Waals surface area contributed by atoms with Crippen molar-refractivity contribution in [1.82, 2.24) is 24.7 Å². The van der Waals surface area contributed by atoms with Gasteiger partial charge in [-0.25, -0.2) is 0 Å². The van der Waals surface area contributed by atoms with E-state index < -0.39 is 0 Å². The fourth-order valence-electron chi connectivity index (χ4n) is 4.23. The predicted molar refractivity (Wildman–Crippen MR) is 109 cm³/mol. The standard InChI is InChI=1S/C20H24N6OS/c27-19(25-8-1-2-9-25)13-15-5-10-24(11-6-15)18-4-3-17-21-22-20(26(17)23-18)16-7-12-28-14-16/h3-4,7,12,14-15H,1-2,5-6,8-11,13H2. The highest BCUT2D eigenvalue weighted by atomic mass is 32.1. The molecular weight excluding hydrogens is 372 g/mol. The molecule has 146 valence electrons. The van der Waals surface area contributed by atoms with Crippen LogP contribution in [0.1, 0.15) is 32.1 Å². The van der Waals surface area contributed by atoms with Crippen LogP contribution in [0.25, 0.3) is 17.0 Å². The highest BCUT2D eigenvalue weighted by Crippen LogP contribution is 2.27. The summed E-state index contributed by atoms with van der Waals surface area (Å²) in [5.74, 6) is 2.57. The van der Waals surface area contributed by atoms with E-state index in [-0.39, 0.29) is 0 Å². The number of likely N-dealkylation sites (tertiary alicyclic amines) is 1.